The number of alkyl halides is 1. The van der Waals surface area contributed by atoms with Gasteiger partial charge in [-0.05, 0) is 39.7 Å². The van der Waals surface area contributed by atoms with Gasteiger partial charge in [0.15, 0.2) is 0 Å². The average Bonchev–Trinajstić information content (AvgIpc) is 2.71. The monoisotopic (exact) mass is 320 g/mol. The summed E-state index contributed by atoms with van der Waals surface area (Å²) >= 11 is 2.39. The van der Waals surface area contributed by atoms with Crippen molar-refractivity contribution in [3.8, 4) is 0 Å². The molecule has 84 valence electrons. The first kappa shape index (κ1) is 11.5. The molecule has 1 aromatic rings. The van der Waals surface area contributed by atoms with E-state index in [-0.39, 0.29) is 5.60 Å². The van der Waals surface area contributed by atoms with Crippen LogP contribution in [0.4, 0.5) is 0 Å². The summed E-state index contributed by atoms with van der Waals surface area (Å²) in [4.78, 5) is 0. The van der Waals surface area contributed by atoms with Crippen LogP contribution in [0.3, 0.4) is 0 Å². The molecule has 0 radical (unpaired) electrons. The number of halogens is 1. The molecule has 2 unspecified atom stereocenters. The van der Waals surface area contributed by atoms with E-state index in [4.69, 9.17) is 9.15 Å². The summed E-state index contributed by atoms with van der Waals surface area (Å²) in [5, 5.41) is 0. The van der Waals surface area contributed by atoms with Crippen molar-refractivity contribution in [1.29, 1.82) is 0 Å². The molecule has 1 saturated heterocycles. The fourth-order valence-corrected chi connectivity index (χ4v) is 3.00. The largest absolute Gasteiger partial charge is 0.466 e. The van der Waals surface area contributed by atoms with Crippen molar-refractivity contribution in [3.63, 3.8) is 0 Å². The number of furan rings is 1. The van der Waals surface area contributed by atoms with Crippen molar-refractivity contribution < 1.29 is 9.15 Å². The molecule has 1 aromatic heterocycles. The minimum Gasteiger partial charge on any atom is -0.466 e. The van der Waals surface area contributed by atoms with Gasteiger partial charge in [-0.3, -0.25) is 0 Å². The van der Waals surface area contributed by atoms with Gasteiger partial charge in [0.25, 0.3) is 0 Å². The first-order valence-electron chi connectivity index (χ1n) is 5.36. The van der Waals surface area contributed by atoms with E-state index in [1.165, 1.54) is 5.56 Å². The van der Waals surface area contributed by atoms with Gasteiger partial charge in [-0.15, -0.1) is 0 Å². The highest BCUT2D eigenvalue weighted by molar-refractivity contribution is 14.1. The van der Waals surface area contributed by atoms with Gasteiger partial charge in [0.05, 0.1) is 11.7 Å². The quantitative estimate of drug-likeness (QED) is 0.612. The second kappa shape index (κ2) is 4.09. The van der Waals surface area contributed by atoms with E-state index in [1.807, 2.05) is 13.8 Å². The van der Waals surface area contributed by atoms with Crippen LogP contribution in [-0.2, 0) is 10.3 Å². The van der Waals surface area contributed by atoms with Gasteiger partial charge in [-0.2, -0.15) is 0 Å². The Morgan fingerprint density at radius 2 is 2.27 bits per heavy atom. The summed E-state index contributed by atoms with van der Waals surface area (Å²) in [5.74, 6) is 1.98. The first-order chi connectivity index (χ1) is 7.05. The Kier molecular flexibility index (Phi) is 3.12. The van der Waals surface area contributed by atoms with Crippen LogP contribution in [-0.4, -0.2) is 10.5 Å². The summed E-state index contributed by atoms with van der Waals surface area (Å²) in [7, 11) is 0. The zero-order valence-electron chi connectivity index (χ0n) is 9.47. The fraction of sp³-hybridized carbons (Fsp3) is 0.667. The predicted octanol–water partition coefficient (Wildman–Crippen LogP) is 3.73. The van der Waals surface area contributed by atoms with Gasteiger partial charge in [0.2, 0.25) is 0 Å². The number of ether oxygens (including phenoxy) is 1. The third kappa shape index (κ3) is 2.09. The molecule has 2 heterocycles. The third-order valence-corrected chi connectivity index (χ3v) is 4.14. The van der Waals surface area contributed by atoms with Gasteiger partial charge < -0.3 is 9.15 Å². The Balaban J connectivity index is 2.27. The number of rotatable bonds is 2. The first-order valence-corrected chi connectivity index (χ1v) is 6.89. The molecule has 0 aliphatic carbocycles. The minimum absolute atomic E-state index is 0.127. The van der Waals surface area contributed by atoms with E-state index in [1.54, 1.807) is 0 Å². The molecule has 3 heteroatoms. The van der Waals surface area contributed by atoms with Crippen molar-refractivity contribution in [2.75, 3.05) is 4.43 Å². The molecular formula is C12H17IO2. The van der Waals surface area contributed by atoms with Crippen LogP contribution in [0.5, 0.6) is 0 Å². The normalized spacial score (nSPS) is 31.1. The number of hydrogen-bond donors (Lipinski definition) is 0. The third-order valence-electron chi connectivity index (χ3n) is 3.15. The molecule has 1 aliphatic rings. The molecule has 0 aromatic carbocycles. The molecule has 0 N–H and O–H groups in total. The maximum absolute atomic E-state index is 6.11. The van der Waals surface area contributed by atoms with Gasteiger partial charge in [0.1, 0.15) is 11.5 Å². The van der Waals surface area contributed by atoms with Crippen molar-refractivity contribution >= 4 is 22.6 Å². The summed E-state index contributed by atoms with van der Waals surface area (Å²) in [6, 6.07) is 2.12. The van der Waals surface area contributed by atoms with Crippen LogP contribution >= 0.6 is 22.6 Å². The Morgan fingerprint density at radius 1 is 1.53 bits per heavy atom. The summed E-state index contributed by atoms with van der Waals surface area (Å²) < 4.78 is 12.8. The Bertz CT molecular complexity index is 359. The van der Waals surface area contributed by atoms with Crippen molar-refractivity contribution in [3.05, 3.63) is 23.2 Å². The SMILES string of the molecule is Cc1cc(C2(C)CCC(CI)O2)c(C)o1. The zero-order valence-corrected chi connectivity index (χ0v) is 11.6. The van der Waals surface area contributed by atoms with Crippen LogP contribution in [0.25, 0.3) is 0 Å². The van der Waals surface area contributed by atoms with E-state index >= 15 is 0 Å². The van der Waals surface area contributed by atoms with Crippen LogP contribution < -0.4 is 0 Å². The van der Waals surface area contributed by atoms with Crippen molar-refractivity contribution in [1.82, 2.24) is 0 Å². The molecule has 2 rings (SSSR count). The topological polar surface area (TPSA) is 22.4 Å². The zero-order chi connectivity index (χ0) is 11.1. The smallest absolute Gasteiger partial charge is 0.107 e. The standard InChI is InChI=1S/C12H17IO2/c1-8-6-11(9(2)14-8)12(3)5-4-10(7-13)15-12/h6,10H,4-5,7H2,1-3H3. The molecule has 15 heavy (non-hydrogen) atoms. The van der Waals surface area contributed by atoms with E-state index in [0.29, 0.717) is 6.10 Å². The molecule has 2 atom stereocenters. The second-order valence-electron chi connectivity index (χ2n) is 4.49. The highest BCUT2D eigenvalue weighted by Gasteiger charge is 2.39. The maximum atomic E-state index is 6.11. The minimum atomic E-state index is -0.127. The lowest BCUT2D eigenvalue weighted by Crippen LogP contribution is -2.23. The molecule has 0 amide bonds. The average molecular weight is 320 g/mol. The highest BCUT2D eigenvalue weighted by Crippen LogP contribution is 2.41. The maximum Gasteiger partial charge on any atom is 0.107 e. The Morgan fingerprint density at radius 3 is 2.73 bits per heavy atom. The van der Waals surface area contributed by atoms with E-state index in [0.717, 1.165) is 28.8 Å². The Hall–Kier alpha value is -0.0300. The highest BCUT2D eigenvalue weighted by atomic mass is 127. The van der Waals surface area contributed by atoms with E-state index in [9.17, 15) is 0 Å². The summed E-state index contributed by atoms with van der Waals surface area (Å²) in [5.41, 5.74) is 1.10. The second-order valence-corrected chi connectivity index (χ2v) is 5.37. The van der Waals surface area contributed by atoms with Crippen LogP contribution in [0, 0.1) is 13.8 Å². The summed E-state index contributed by atoms with van der Waals surface area (Å²) in [6.07, 6.45) is 2.66. The molecular weight excluding hydrogens is 303 g/mol. The van der Waals surface area contributed by atoms with E-state index in [2.05, 4.69) is 35.6 Å². The molecule has 2 nitrogen and oxygen atoms in total. The Labute approximate surface area is 105 Å². The van der Waals surface area contributed by atoms with Gasteiger partial charge >= 0.3 is 0 Å². The lowest BCUT2D eigenvalue weighted by molar-refractivity contribution is -0.0223. The van der Waals surface area contributed by atoms with Gasteiger partial charge in [-0.25, -0.2) is 0 Å². The van der Waals surface area contributed by atoms with E-state index < -0.39 is 0 Å². The molecule has 0 spiro atoms. The lowest BCUT2D eigenvalue weighted by Gasteiger charge is -2.24. The number of hydrogen-bond acceptors (Lipinski definition) is 2. The van der Waals surface area contributed by atoms with Crippen LogP contribution in [0.15, 0.2) is 10.5 Å². The van der Waals surface area contributed by atoms with Crippen molar-refractivity contribution in [2.45, 2.75) is 45.3 Å². The molecule has 1 aliphatic heterocycles. The number of aryl methyl sites for hydroxylation is 2. The summed E-state index contributed by atoms with van der Waals surface area (Å²) in [6.45, 7) is 6.19. The predicted molar refractivity (Wildman–Crippen MR) is 68.5 cm³/mol. The van der Waals surface area contributed by atoms with Crippen LogP contribution in [0.1, 0.15) is 36.8 Å². The van der Waals surface area contributed by atoms with Crippen molar-refractivity contribution in [2.24, 2.45) is 0 Å². The molecule has 1 fully saturated rings. The lowest BCUT2D eigenvalue weighted by atomic mass is 9.93. The fourth-order valence-electron chi connectivity index (χ4n) is 2.38. The van der Waals surface area contributed by atoms with Crippen LogP contribution in [0.2, 0.25) is 0 Å². The molecule has 0 bridgehead atoms. The van der Waals surface area contributed by atoms with Gasteiger partial charge in [0, 0.05) is 9.99 Å². The molecule has 0 saturated carbocycles. The van der Waals surface area contributed by atoms with Gasteiger partial charge in [-0.1, -0.05) is 22.6 Å².